The monoisotopic (exact) mass is 1100 g/mol. The van der Waals surface area contributed by atoms with Crippen LogP contribution in [0, 0.1) is 41.5 Å². The number of fused-ring (bicyclic) bond motifs is 12. The molecule has 12 nitrogen and oxygen atoms in total. The Hall–Kier alpha value is -9.68. The van der Waals surface area contributed by atoms with E-state index in [1.165, 1.54) is 33.4 Å². The summed E-state index contributed by atoms with van der Waals surface area (Å²) in [7, 11) is 0. The Morgan fingerprint density at radius 3 is 1.00 bits per heavy atom. The maximum absolute atomic E-state index is 5.53. The van der Waals surface area contributed by atoms with Crippen molar-refractivity contribution < 1.29 is 0 Å². The van der Waals surface area contributed by atoms with Crippen LogP contribution in [0.25, 0.3) is 69.9 Å². The molecular formula is C72H68N12. The lowest BCUT2D eigenvalue weighted by Gasteiger charge is -2.02. The maximum Gasteiger partial charge on any atom is 0.197 e. The highest BCUT2D eigenvalue weighted by Gasteiger charge is 2.27. The largest absolute Gasteiger partial charge is 0.353 e. The van der Waals surface area contributed by atoms with Crippen LogP contribution in [0.1, 0.15) is 110 Å². The number of aromatic nitrogens is 6. The second-order valence-corrected chi connectivity index (χ2v) is 22.6. The van der Waals surface area contributed by atoms with Gasteiger partial charge in [-0.1, -0.05) is 147 Å². The third kappa shape index (κ3) is 9.35. The lowest BCUT2D eigenvalue weighted by molar-refractivity contribution is 1.10. The fourth-order valence-electron chi connectivity index (χ4n) is 12.4. The molecule has 5 aliphatic rings. The van der Waals surface area contributed by atoms with Gasteiger partial charge in [0.15, 0.2) is 22.6 Å². The van der Waals surface area contributed by atoms with E-state index in [9.17, 15) is 0 Å². The Balaban J connectivity index is 1.15. The molecule has 0 unspecified atom stereocenters. The van der Waals surface area contributed by atoms with E-state index >= 15 is 0 Å². The third-order valence-electron chi connectivity index (χ3n) is 17.1. The average molecular weight is 1100 g/mol. The number of hydrogen-bond donors (Lipinski definition) is 4. The van der Waals surface area contributed by atoms with Gasteiger partial charge in [0.05, 0.1) is 78.4 Å². The van der Waals surface area contributed by atoms with Crippen molar-refractivity contribution in [1.82, 2.24) is 29.9 Å². The Labute approximate surface area is 488 Å². The van der Waals surface area contributed by atoms with Gasteiger partial charge >= 0.3 is 0 Å². The minimum atomic E-state index is 0.501. The van der Waals surface area contributed by atoms with Crippen LogP contribution in [0.2, 0.25) is 0 Å². The smallest absolute Gasteiger partial charge is 0.197 e. The molecule has 416 valence electrons. The molecule has 9 heterocycles. The molecular weight excluding hydrogens is 1030 g/mol. The van der Waals surface area contributed by atoms with Gasteiger partial charge in [0.2, 0.25) is 0 Å². The van der Waals surface area contributed by atoms with Gasteiger partial charge in [0.25, 0.3) is 0 Å². The number of aromatic amines is 4. The van der Waals surface area contributed by atoms with Crippen molar-refractivity contribution in [3.8, 4) is 22.5 Å². The van der Waals surface area contributed by atoms with Crippen molar-refractivity contribution in [3.05, 3.63) is 218 Å². The fraction of sp³-hybridized carbons (Fsp3) is 0.222. The van der Waals surface area contributed by atoms with Crippen molar-refractivity contribution in [1.29, 1.82) is 0 Å². The Kier molecular flexibility index (Phi) is 13.6. The number of allylic oxidation sites excluding steroid dienone is 2. The minimum Gasteiger partial charge on any atom is -0.353 e. The van der Waals surface area contributed by atoms with Gasteiger partial charge in [0.1, 0.15) is 0 Å². The van der Waals surface area contributed by atoms with Crippen LogP contribution in [0.15, 0.2) is 149 Å². The minimum absolute atomic E-state index is 0.501. The molecule has 0 atom stereocenters. The zero-order valence-electron chi connectivity index (χ0n) is 50.0. The summed E-state index contributed by atoms with van der Waals surface area (Å²) in [6.45, 7) is 26.0. The van der Waals surface area contributed by atoms with Crippen LogP contribution in [0.3, 0.4) is 0 Å². The second kappa shape index (κ2) is 21.3. The number of nitrogens with zero attached hydrogens (tertiary/aromatic N) is 8. The molecule has 4 aromatic heterocycles. The summed E-state index contributed by atoms with van der Waals surface area (Å²) in [5.74, 6) is 1.00. The Bertz CT molecular complexity index is 4630. The molecule has 12 heteroatoms. The van der Waals surface area contributed by atoms with Crippen LogP contribution < -0.4 is 43.1 Å². The van der Waals surface area contributed by atoms with Crippen LogP contribution in [0.5, 0.6) is 0 Å². The van der Waals surface area contributed by atoms with Gasteiger partial charge in [-0.15, -0.1) is 0 Å². The topological polar surface area (TPSA) is 163 Å². The Morgan fingerprint density at radius 1 is 0.333 bits per heavy atom. The van der Waals surface area contributed by atoms with E-state index in [0.29, 0.717) is 22.6 Å². The van der Waals surface area contributed by atoms with Gasteiger partial charge in [-0.2, -0.15) is 0 Å². The number of imidazole rings is 2. The molecule has 0 aliphatic carbocycles. The molecule has 8 aromatic rings. The van der Waals surface area contributed by atoms with Gasteiger partial charge in [-0.3, -0.25) is 0 Å². The normalized spacial score (nSPS) is 15.7. The molecule has 16 bridgehead atoms. The van der Waals surface area contributed by atoms with E-state index in [1.807, 2.05) is 0 Å². The predicted octanol–water partition coefficient (Wildman–Crippen LogP) is 8.93. The van der Waals surface area contributed by atoms with E-state index in [0.717, 1.165) is 171 Å². The van der Waals surface area contributed by atoms with E-state index in [4.69, 9.17) is 39.9 Å². The first-order valence-corrected chi connectivity index (χ1v) is 29.4. The number of hydrogen-bond acceptors (Lipinski definition) is 8. The molecule has 0 spiro atoms. The summed E-state index contributed by atoms with van der Waals surface area (Å²) in [6, 6.07) is 34.1. The molecule has 84 heavy (non-hydrogen) atoms. The maximum atomic E-state index is 5.53. The first-order chi connectivity index (χ1) is 40.7. The fourth-order valence-corrected chi connectivity index (χ4v) is 12.4. The number of H-pyrrole nitrogens is 4. The number of benzene rings is 4. The third-order valence-corrected chi connectivity index (χ3v) is 17.1. The molecule has 0 saturated heterocycles. The zero-order chi connectivity index (χ0) is 58.2. The van der Waals surface area contributed by atoms with Crippen molar-refractivity contribution in [2.45, 2.75) is 109 Å². The SMILES string of the molecule is CCC1=C(C)C2=c3[nH]c(c(CC)c3C)=CC3=NC(=c4nc(-c5ccc(C)cc5)c([nH]4)=CC4=NC(=c5[nH]c(c(CC)c5C)=CC5=NC(=c6nc(-c7ccc(C)cc7)c([nH]6)=CC1=N2)N=C5c1ccc(C)cc1)C(C)=C4CC)N=C3c1ccc(C)cc1. The molecule has 0 amide bonds. The molecule has 13 rings (SSSR count). The van der Waals surface area contributed by atoms with Crippen LogP contribution in [-0.2, 0) is 12.8 Å². The van der Waals surface area contributed by atoms with Gasteiger partial charge < -0.3 is 19.9 Å². The number of rotatable bonds is 8. The quantitative estimate of drug-likeness (QED) is 0.120. The lowest BCUT2D eigenvalue weighted by atomic mass is 10.0. The van der Waals surface area contributed by atoms with E-state index in [-0.39, 0.29) is 0 Å². The first kappa shape index (κ1) is 53.6. The Morgan fingerprint density at radius 2 is 0.667 bits per heavy atom. The van der Waals surface area contributed by atoms with Crippen LogP contribution >= 0.6 is 0 Å². The van der Waals surface area contributed by atoms with E-state index in [1.54, 1.807) is 0 Å². The van der Waals surface area contributed by atoms with Crippen molar-refractivity contribution in [3.63, 3.8) is 0 Å². The summed E-state index contributed by atoms with van der Waals surface area (Å²) in [4.78, 5) is 58.6. The van der Waals surface area contributed by atoms with Gasteiger partial charge in [0, 0.05) is 33.0 Å². The summed E-state index contributed by atoms with van der Waals surface area (Å²) in [5, 5.41) is 5.53. The highest BCUT2D eigenvalue weighted by atomic mass is 15.1. The predicted molar refractivity (Wildman–Crippen MR) is 347 cm³/mol. The summed E-state index contributed by atoms with van der Waals surface area (Å²) < 4.78 is 0. The lowest BCUT2D eigenvalue weighted by Crippen LogP contribution is -2.19. The van der Waals surface area contributed by atoms with Gasteiger partial charge in [-0.25, -0.2) is 39.9 Å². The summed E-state index contributed by atoms with van der Waals surface area (Å²) in [6.07, 6.45) is 11.8. The molecule has 0 fully saturated rings. The van der Waals surface area contributed by atoms with Crippen molar-refractivity contribution >= 4 is 81.6 Å². The van der Waals surface area contributed by atoms with E-state index in [2.05, 4.69) is 224 Å². The van der Waals surface area contributed by atoms with Crippen molar-refractivity contribution in [2.24, 2.45) is 30.0 Å². The van der Waals surface area contributed by atoms with Crippen LogP contribution in [0.4, 0.5) is 0 Å². The molecule has 4 N–H and O–H groups in total. The van der Waals surface area contributed by atoms with E-state index < -0.39 is 0 Å². The number of aliphatic imine (C=N–C) groups is 6. The number of nitrogens with one attached hydrogen (secondary N) is 4. The van der Waals surface area contributed by atoms with Crippen LogP contribution in [-0.4, -0.2) is 64.2 Å². The van der Waals surface area contributed by atoms with Gasteiger partial charge in [-0.05, 0) is 150 Å². The summed E-state index contributed by atoms with van der Waals surface area (Å²) >= 11 is 0. The highest BCUT2D eigenvalue weighted by molar-refractivity contribution is 6.60. The standard InChI is InChI=1S/C72H68N12/c1-13-49-41(9)61-62-42(10)50(14-2)54(74-62)34-58-66(46-27-19-38(6)20-28-46)83-71(79-58)72-80-60(68(84-72)48-31-23-40(8)24-32-48)36-56-52(16-4)44(12)64(76-56)63-43(11)51(15-3)55(75-63)35-59-67(47-29-21-39(7)22-30-47)82-70(78-59)69-77-57(33-53(49)73-61)65(81-69)45-25-17-37(5)18-26-45/h17-36,73,76H,13-16H2,1-12H3,(H,78,82)(H,79,83). The second-order valence-electron chi connectivity index (χ2n) is 22.6. The zero-order valence-corrected chi connectivity index (χ0v) is 50.0. The summed E-state index contributed by atoms with van der Waals surface area (Å²) in [5.41, 5.74) is 27.1. The molecule has 5 aliphatic heterocycles. The number of aryl methyl sites for hydroxylation is 4. The molecule has 0 saturated carbocycles. The highest BCUT2D eigenvalue weighted by Crippen LogP contribution is 2.31. The first-order valence-electron chi connectivity index (χ1n) is 29.4. The van der Waals surface area contributed by atoms with Crippen molar-refractivity contribution in [2.75, 3.05) is 0 Å². The molecule has 4 aromatic carbocycles. The molecule has 0 radical (unpaired) electrons. The average Bonchev–Trinajstić information content (AvgIpc) is 4.12.